The van der Waals surface area contributed by atoms with Gasteiger partial charge in [-0.1, -0.05) is 58.4 Å². The fourth-order valence-electron chi connectivity index (χ4n) is 4.01. The Morgan fingerprint density at radius 3 is 2.70 bits per heavy atom. The molecule has 3 heteroatoms. The average Bonchev–Trinajstić information content (AvgIpc) is 2.36. The van der Waals surface area contributed by atoms with Crippen LogP contribution in [-0.2, 0) is 6.42 Å². The number of hydrogen-bond acceptors (Lipinski definition) is 1. The van der Waals surface area contributed by atoms with Crippen LogP contribution in [0.4, 0.5) is 0 Å². The maximum Gasteiger partial charge on any atom is 0.124 e. The van der Waals surface area contributed by atoms with Gasteiger partial charge in [0.1, 0.15) is 11.4 Å². The summed E-state index contributed by atoms with van der Waals surface area (Å²) in [7, 11) is 0. The summed E-state index contributed by atoms with van der Waals surface area (Å²) in [5.41, 5.74) is 3.00. The van der Waals surface area contributed by atoms with Crippen molar-refractivity contribution in [3.63, 3.8) is 0 Å². The first kappa shape index (κ1) is 15.1. The highest BCUT2D eigenvalue weighted by atomic mass is 127. The first-order valence-electron chi connectivity index (χ1n) is 7.36. The molecule has 0 radical (unpaired) electrons. The lowest BCUT2D eigenvalue weighted by Crippen LogP contribution is -2.57. The quantitative estimate of drug-likeness (QED) is 0.365. The van der Waals surface area contributed by atoms with E-state index < -0.39 is 0 Å². The number of alkyl halides is 1. The van der Waals surface area contributed by atoms with E-state index >= 15 is 0 Å². The van der Waals surface area contributed by atoms with Crippen molar-refractivity contribution in [3.05, 3.63) is 27.7 Å². The highest BCUT2D eigenvalue weighted by Crippen LogP contribution is 2.55. The molecule has 3 atom stereocenters. The average molecular weight is 449 g/mol. The summed E-state index contributed by atoms with van der Waals surface area (Å²) < 4.78 is 8.40. The van der Waals surface area contributed by atoms with E-state index in [-0.39, 0.29) is 5.60 Å². The molecule has 110 valence electrons. The van der Waals surface area contributed by atoms with E-state index in [0.717, 1.165) is 20.6 Å². The van der Waals surface area contributed by atoms with Crippen LogP contribution in [0, 0.1) is 18.3 Å². The molecule has 0 N–H and O–H groups in total. The Hall–Kier alpha value is 0.230. The van der Waals surface area contributed by atoms with Crippen LogP contribution in [0.5, 0.6) is 5.75 Å². The molecule has 2 aliphatic rings. The molecule has 0 aromatic heterocycles. The molecule has 1 saturated carbocycles. The highest BCUT2D eigenvalue weighted by Gasteiger charge is 2.54. The summed E-state index contributed by atoms with van der Waals surface area (Å²) in [5.74, 6) is 1.68. The number of rotatable bonds is 0. The number of halogens is 2. The van der Waals surface area contributed by atoms with Gasteiger partial charge in [0.25, 0.3) is 0 Å². The second-order valence-electron chi connectivity index (χ2n) is 7.21. The third kappa shape index (κ3) is 2.23. The van der Waals surface area contributed by atoms with E-state index in [4.69, 9.17) is 4.74 Å². The fourth-order valence-corrected chi connectivity index (χ4v) is 5.08. The third-order valence-corrected chi connectivity index (χ3v) is 8.53. The Kier molecular flexibility index (Phi) is 3.69. The van der Waals surface area contributed by atoms with Crippen LogP contribution < -0.4 is 4.74 Å². The molecule has 1 aliphatic heterocycles. The molecule has 0 unspecified atom stereocenters. The highest BCUT2D eigenvalue weighted by molar-refractivity contribution is 14.1. The molecule has 3 rings (SSSR count). The van der Waals surface area contributed by atoms with Crippen LogP contribution in [0.2, 0.25) is 0 Å². The molecule has 20 heavy (non-hydrogen) atoms. The second kappa shape index (κ2) is 4.87. The number of fused-ring (bicyclic) bond motifs is 2. The summed E-state index contributed by atoms with van der Waals surface area (Å²) in [6, 6.07) is 4.46. The van der Waals surface area contributed by atoms with Gasteiger partial charge in [-0.05, 0) is 55.7 Å². The molecule has 0 saturated heterocycles. The topological polar surface area (TPSA) is 9.23 Å². The van der Waals surface area contributed by atoms with E-state index in [1.54, 1.807) is 0 Å². The Bertz CT molecular complexity index is 554. The van der Waals surface area contributed by atoms with Gasteiger partial charge in [-0.25, -0.2) is 0 Å². The molecule has 1 aromatic carbocycles. The smallest absolute Gasteiger partial charge is 0.124 e. The van der Waals surface area contributed by atoms with Gasteiger partial charge in [-0.15, -0.1) is 0 Å². The van der Waals surface area contributed by atoms with E-state index in [1.165, 1.54) is 24.0 Å². The van der Waals surface area contributed by atoms with Crippen LogP contribution in [-0.4, -0.2) is 9.53 Å². The Balaban J connectivity index is 2.06. The molecule has 0 spiro atoms. The van der Waals surface area contributed by atoms with Crippen molar-refractivity contribution in [2.24, 2.45) is 11.3 Å². The monoisotopic (exact) mass is 448 g/mol. The molecule has 1 heterocycles. The number of aryl methyl sites for hydroxylation is 1. The molecule has 0 amide bonds. The number of hydrogen-bond donors (Lipinski definition) is 0. The molecule has 1 aromatic rings. The van der Waals surface area contributed by atoms with Crippen LogP contribution >= 0.6 is 38.5 Å². The van der Waals surface area contributed by atoms with Gasteiger partial charge in [0, 0.05) is 14.3 Å². The van der Waals surface area contributed by atoms with Gasteiger partial charge in [-0.3, -0.25) is 0 Å². The normalized spacial score (nSPS) is 34.9. The minimum absolute atomic E-state index is 0.00707. The third-order valence-electron chi connectivity index (χ3n) is 5.45. The summed E-state index contributed by atoms with van der Waals surface area (Å²) >= 11 is 6.27. The van der Waals surface area contributed by atoms with E-state index in [0.29, 0.717) is 11.3 Å². The lowest BCUT2D eigenvalue weighted by molar-refractivity contribution is -0.0759. The van der Waals surface area contributed by atoms with Crippen LogP contribution in [0.15, 0.2) is 16.6 Å². The second-order valence-corrected chi connectivity index (χ2v) is 9.57. The number of ether oxygens (including phenoxy) is 1. The van der Waals surface area contributed by atoms with Crippen molar-refractivity contribution in [2.75, 3.05) is 0 Å². The van der Waals surface area contributed by atoms with Crippen molar-refractivity contribution in [1.29, 1.82) is 0 Å². The predicted octanol–water partition coefficient (Wildman–Crippen LogP) is 5.69. The van der Waals surface area contributed by atoms with Crippen LogP contribution in [0.3, 0.4) is 0 Å². The van der Waals surface area contributed by atoms with Crippen molar-refractivity contribution in [1.82, 2.24) is 0 Å². The first-order chi connectivity index (χ1) is 9.24. The molecular weight excluding hydrogens is 427 g/mol. The summed E-state index contributed by atoms with van der Waals surface area (Å²) in [5, 5.41) is 0. The lowest BCUT2D eigenvalue weighted by Gasteiger charge is -2.55. The molecule has 1 aliphatic carbocycles. The first-order valence-corrected chi connectivity index (χ1v) is 9.40. The van der Waals surface area contributed by atoms with Crippen molar-refractivity contribution >= 4 is 38.5 Å². The predicted molar refractivity (Wildman–Crippen MR) is 95.9 cm³/mol. The summed E-state index contributed by atoms with van der Waals surface area (Å²) in [4.78, 5) is 0. The van der Waals surface area contributed by atoms with E-state index in [1.807, 2.05) is 0 Å². The maximum absolute atomic E-state index is 6.51. The fraction of sp³-hybridized carbons (Fsp3) is 0.647. The van der Waals surface area contributed by atoms with Gasteiger partial charge in [0.15, 0.2) is 0 Å². The van der Waals surface area contributed by atoms with Crippen LogP contribution in [0.25, 0.3) is 0 Å². The van der Waals surface area contributed by atoms with Gasteiger partial charge >= 0.3 is 0 Å². The molecule has 1 fully saturated rings. The zero-order chi connectivity index (χ0) is 14.7. The van der Waals surface area contributed by atoms with E-state index in [9.17, 15) is 0 Å². The SMILES string of the molecule is Cc1cc2c(cc1Br)O[C@@]1(C)CC[C@H](I)C(C)(C)[C@@H]1C2. The van der Waals surface area contributed by atoms with Crippen molar-refractivity contribution < 1.29 is 4.74 Å². The maximum atomic E-state index is 6.51. The molecule has 0 bridgehead atoms. The zero-order valence-electron chi connectivity index (χ0n) is 12.6. The Labute approximate surface area is 144 Å². The number of benzene rings is 1. The summed E-state index contributed by atoms with van der Waals surface area (Å²) in [6.07, 6.45) is 3.56. The van der Waals surface area contributed by atoms with Gasteiger partial charge in [-0.2, -0.15) is 0 Å². The lowest BCUT2D eigenvalue weighted by atomic mass is 9.59. The molecule has 1 nitrogen and oxygen atoms in total. The largest absolute Gasteiger partial charge is 0.487 e. The van der Waals surface area contributed by atoms with Gasteiger partial charge in [0.05, 0.1) is 0 Å². The van der Waals surface area contributed by atoms with Gasteiger partial charge in [0.2, 0.25) is 0 Å². The Morgan fingerprint density at radius 1 is 1.30 bits per heavy atom. The minimum atomic E-state index is -0.00707. The van der Waals surface area contributed by atoms with Crippen molar-refractivity contribution in [2.45, 2.75) is 56.5 Å². The van der Waals surface area contributed by atoms with E-state index in [2.05, 4.69) is 78.3 Å². The van der Waals surface area contributed by atoms with Crippen LogP contribution in [0.1, 0.15) is 44.7 Å². The summed E-state index contributed by atoms with van der Waals surface area (Å²) in [6.45, 7) is 9.32. The Morgan fingerprint density at radius 2 is 2.00 bits per heavy atom. The van der Waals surface area contributed by atoms with Gasteiger partial charge < -0.3 is 4.74 Å². The van der Waals surface area contributed by atoms with Crippen molar-refractivity contribution in [3.8, 4) is 5.75 Å². The standard InChI is InChI=1S/C17H22BrIO/c1-10-7-11-8-14-16(2,3)15(19)5-6-17(14,4)20-13(11)9-12(10)18/h7,9,14-15H,5-6,8H2,1-4H3/t14-,15-,17-/m0/s1. The molecular formula is C17H22BrIO. The minimum Gasteiger partial charge on any atom is -0.487 e. The zero-order valence-corrected chi connectivity index (χ0v) is 16.3.